The lowest BCUT2D eigenvalue weighted by atomic mass is 10.1. The highest BCUT2D eigenvalue weighted by atomic mass is 127. The fourth-order valence-electron chi connectivity index (χ4n) is 1.92. The van der Waals surface area contributed by atoms with E-state index in [4.69, 9.17) is 4.74 Å². The molecule has 0 aromatic heterocycles. The number of carbonyl (C=O) groups excluding carboxylic acids is 1. The number of halogens is 4. The second-order valence-electron chi connectivity index (χ2n) is 6.48. The van der Waals surface area contributed by atoms with Crippen LogP contribution in [-0.2, 0) is 17.5 Å². The van der Waals surface area contributed by atoms with Crippen LogP contribution in [0.1, 0.15) is 31.9 Å². The number of hydrogen-bond donors (Lipinski definition) is 3. The van der Waals surface area contributed by atoms with Gasteiger partial charge in [-0.15, -0.1) is 24.0 Å². The molecule has 0 atom stereocenters. The van der Waals surface area contributed by atoms with E-state index in [1.165, 1.54) is 6.07 Å². The highest BCUT2D eigenvalue weighted by Crippen LogP contribution is 2.29. The number of hydrogen-bond acceptors (Lipinski definition) is 3. The van der Waals surface area contributed by atoms with Crippen LogP contribution in [0.2, 0.25) is 0 Å². The maximum atomic E-state index is 12.7. The Labute approximate surface area is 174 Å². The van der Waals surface area contributed by atoms with Gasteiger partial charge in [0, 0.05) is 26.7 Å². The lowest BCUT2D eigenvalue weighted by Crippen LogP contribution is -2.42. The van der Waals surface area contributed by atoms with Crippen LogP contribution >= 0.6 is 24.0 Å². The van der Waals surface area contributed by atoms with Crippen molar-refractivity contribution in [3.63, 3.8) is 0 Å². The lowest BCUT2D eigenvalue weighted by Gasteiger charge is -2.20. The first-order valence-electron chi connectivity index (χ1n) is 8.09. The summed E-state index contributed by atoms with van der Waals surface area (Å²) in [6, 6.07) is 5.07. The number of rotatable bonds is 5. The minimum Gasteiger partial charge on any atom is -0.444 e. The molecule has 154 valence electrons. The van der Waals surface area contributed by atoms with Crippen LogP contribution in [0, 0.1) is 0 Å². The van der Waals surface area contributed by atoms with Crippen molar-refractivity contribution in [2.45, 2.75) is 39.1 Å². The topological polar surface area (TPSA) is 74.8 Å². The molecule has 0 aliphatic rings. The third-order valence-corrected chi connectivity index (χ3v) is 3.02. The molecule has 6 nitrogen and oxygen atoms in total. The minimum absolute atomic E-state index is 0. The molecule has 1 aromatic rings. The van der Waals surface area contributed by atoms with Crippen LogP contribution in [0.15, 0.2) is 29.3 Å². The molecule has 0 bridgehead atoms. The SMILES string of the molecule is CN=C(NCCNC(=O)OC(C)(C)C)NCc1cccc(C(F)(F)F)c1.I. The summed E-state index contributed by atoms with van der Waals surface area (Å²) < 4.78 is 43.2. The van der Waals surface area contributed by atoms with Crippen molar-refractivity contribution in [1.82, 2.24) is 16.0 Å². The first-order chi connectivity index (χ1) is 12.0. The first-order valence-corrected chi connectivity index (χ1v) is 8.09. The predicted molar refractivity (Wildman–Crippen MR) is 109 cm³/mol. The zero-order chi connectivity index (χ0) is 19.8. The number of carbonyl (C=O) groups is 1. The summed E-state index contributed by atoms with van der Waals surface area (Å²) in [7, 11) is 1.54. The molecule has 0 radical (unpaired) electrons. The van der Waals surface area contributed by atoms with Gasteiger partial charge in [0.05, 0.1) is 5.56 Å². The van der Waals surface area contributed by atoms with Crippen LogP contribution in [0.3, 0.4) is 0 Å². The summed E-state index contributed by atoms with van der Waals surface area (Å²) in [5, 5.41) is 8.45. The summed E-state index contributed by atoms with van der Waals surface area (Å²) in [4.78, 5) is 15.5. The average Bonchev–Trinajstić information content (AvgIpc) is 2.52. The van der Waals surface area contributed by atoms with Crippen LogP contribution in [0.25, 0.3) is 0 Å². The van der Waals surface area contributed by atoms with Gasteiger partial charge in [-0.3, -0.25) is 4.99 Å². The Morgan fingerprint density at radius 3 is 2.30 bits per heavy atom. The van der Waals surface area contributed by atoms with Gasteiger partial charge in [0.1, 0.15) is 5.60 Å². The molecule has 1 rings (SSSR count). The molecule has 0 heterocycles. The van der Waals surface area contributed by atoms with Gasteiger partial charge in [0.2, 0.25) is 0 Å². The number of amides is 1. The highest BCUT2D eigenvalue weighted by molar-refractivity contribution is 14.0. The monoisotopic (exact) mass is 502 g/mol. The number of ether oxygens (including phenoxy) is 1. The molecule has 0 aliphatic carbocycles. The molecule has 1 amide bonds. The Morgan fingerprint density at radius 1 is 1.11 bits per heavy atom. The van der Waals surface area contributed by atoms with Crippen LogP contribution in [0.5, 0.6) is 0 Å². The first kappa shape index (κ1) is 25.3. The predicted octanol–water partition coefficient (Wildman–Crippen LogP) is 3.51. The van der Waals surface area contributed by atoms with Gasteiger partial charge in [0.15, 0.2) is 5.96 Å². The molecule has 0 unspecified atom stereocenters. The number of benzene rings is 1. The fourth-order valence-corrected chi connectivity index (χ4v) is 1.92. The van der Waals surface area contributed by atoms with Gasteiger partial charge in [-0.25, -0.2) is 4.79 Å². The average molecular weight is 502 g/mol. The van der Waals surface area contributed by atoms with E-state index in [9.17, 15) is 18.0 Å². The van der Waals surface area contributed by atoms with Crippen molar-refractivity contribution in [2.75, 3.05) is 20.1 Å². The van der Waals surface area contributed by atoms with E-state index in [0.29, 0.717) is 24.6 Å². The standard InChI is InChI=1S/C17H25F3N4O2.HI/c1-16(2,3)26-15(25)23-9-8-22-14(21-4)24-11-12-6-5-7-13(10-12)17(18,19)20;/h5-7,10H,8-9,11H2,1-4H3,(H,23,25)(H2,21,22,24);1H. The fraction of sp³-hybridized carbons (Fsp3) is 0.529. The van der Waals surface area contributed by atoms with Crippen molar-refractivity contribution >= 4 is 36.0 Å². The summed E-state index contributed by atoms with van der Waals surface area (Å²) in [5.74, 6) is 0.411. The number of alkyl halides is 3. The highest BCUT2D eigenvalue weighted by Gasteiger charge is 2.30. The van der Waals surface area contributed by atoms with Crippen LogP contribution in [-0.4, -0.2) is 37.8 Å². The van der Waals surface area contributed by atoms with Crippen molar-refractivity contribution < 1.29 is 22.7 Å². The maximum absolute atomic E-state index is 12.7. The Balaban J connectivity index is 0.00000676. The molecule has 0 aliphatic heterocycles. The molecule has 27 heavy (non-hydrogen) atoms. The second kappa shape index (κ2) is 11.2. The summed E-state index contributed by atoms with van der Waals surface area (Å²) in [5.41, 5.74) is -0.781. The maximum Gasteiger partial charge on any atom is 0.416 e. The van der Waals surface area contributed by atoms with E-state index in [2.05, 4.69) is 20.9 Å². The van der Waals surface area contributed by atoms with E-state index in [1.807, 2.05) is 0 Å². The largest absolute Gasteiger partial charge is 0.444 e. The van der Waals surface area contributed by atoms with E-state index in [-0.39, 0.29) is 30.5 Å². The van der Waals surface area contributed by atoms with Gasteiger partial charge >= 0.3 is 12.3 Å². The van der Waals surface area contributed by atoms with Gasteiger partial charge in [0.25, 0.3) is 0 Å². The molecule has 0 spiro atoms. The molecular weight excluding hydrogens is 476 g/mol. The zero-order valence-electron chi connectivity index (χ0n) is 15.7. The molecule has 0 saturated carbocycles. The number of aliphatic imine (C=N–C) groups is 1. The zero-order valence-corrected chi connectivity index (χ0v) is 18.1. The smallest absolute Gasteiger partial charge is 0.416 e. The Hall–Kier alpha value is -1.72. The van der Waals surface area contributed by atoms with Gasteiger partial charge in [-0.2, -0.15) is 13.2 Å². The molecule has 0 saturated heterocycles. The second-order valence-corrected chi connectivity index (χ2v) is 6.48. The van der Waals surface area contributed by atoms with Gasteiger partial charge < -0.3 is 20.7 Å². The van der Waals surface area contributed by atoms with Crippen molar-refractivity contribution in [3.05, 3.63) is 35.4 Å². The Kier molecular flexibility index (Phi) is 10.5. The summed E-state index contributed by atoms with van der Waals surface area (Å²) >= 11 is 0. The third-order valence-electron chi connectivity index (χ3n) is 3.02. The van der Waals surface area contributed by atoms with E-state index >= 15 is 0 Å². The Bertz CT molecular complexity index is 631. The number of nitrogens with zero attached hydrogens (tertiary/aromatic N) is 1. The van der Waals surface area contributed by atoms with E-state index in [0.717, 1.165) is 12.1 Å². The van der Waals surface area contributed by atoms with Gasteiger partial charge in [-0.1, -0.05) is 12.1 Å². The minimum atomic E-state index is -4.37. The lowest BCUT2D eigenvalue weighted by molar-refractivity contribution is -0.137. The quantitative estimate of drug-likeness (QED) is 0.250. The number of guanidine groups is 1. The number of nitrogens with one attached hydrogen (secondary N) is 3. The third kappa shape index (κ3) is 10.9. The molecule has 1 aromatic carbocycles. The van der Waals surface area contributed by atoms with Crippen molar-refractivity contribution in [2.24, 2.45) is 4.99 Å². The van der Waals surface area contributed by atoms with E-state index in [1.54, 1.807) is 33.9 Å². The van der Waals surface area contributed by atoms with E-state index < -0.39 is 23.4 Å². The number of alkyl carbamates (subject to hydrolysis) is 1. The summed E-state index contributed by atoms with van der Waals surface area (Å²) in [6.45, 7) is 6.17. The normalized spacial score (nSPS) is 12.0. The van der Waals surface area contributed by atoms with Crippen molar-refractivity contribution in [3.8, 4) is 0 Å². The van der Waals surface area contributed by atoms with Crippen LogP contribution < -0.4 is 16.0 Å². The van der Waals surface area contributed by atoms with Crippen molar-refractivity contribution in [1.29, 1.82) is 0 Å². The molecule has 3 N–H and O–H groups in total. The molecular formula is C17H26F3IN4O2. The van der Waals surface area contributed by atoms with Gasteiger partial charge in [-0.05, 0) is 38.5 Å². The summed E-state index contributed by atoms with van der Waals surface area (Å²) in [6.07, 6.45) is -4.89. The molecule has 0 fully saturated rings. The Morgan fingerprint density at radius 2 is 1.74 bits per heavy atom. The van der Waals surface area contributed by atoms with Crippen LogP contribution in [0.4, 0.5) is 18.0 Å². The molecule has 10 heteroatoms.